The lowest BCUT2D eigenvalue weighted by atomic mass is 10.0. The zero-order chi connectivity index (χ0) is 19.3. The van der Waals surface area contributed by atoms with Crippen molar-refractivity contribution < 1.29 is 13.2 Å². The van der Waals surface area contributed by atoms with Crippen LogP contribution in [0.3, 0.4) is 0 Å². The number of fused-ring (bicyclic) bond motifs is 3. The van der Waals surface area contributed by atoms with Crippen LogP contribution in [0.25, 0.3) is 28.1 Å². The lowest BCUT2D eigenvalue weighted by molar-refractivity contribution is -0.137. The standard InChI is InChI=1S/C15H13F3N10/c16-15(17,18)9-6-11-10(5-8(9)12-22-25-26-23-12)21-13(14-24-20-7-28(11)14)27-3-1-19-2-4-27/h5-7,19H,1-4H2,(H,22,23,25,26). The van der Waals surface area contributed by atoms with Gasteiger partial charge in [0, 0.05) is 31.7 Å². The third-order valence-electron chi connectivity index (χ3n) is 4.66. The van der Waals surface area contributed by atoms with Gasteiger partial charge in [0.15, 0.2) is 5.82 Å². The Kier molecular flexibility index (Phi) is 3.65. The van der Waals surface area contributed by atoms with Crippen LogP contribution in [0.2, 0.25) is 0 Å². The number of piperazine rings is 1. The number of hydrogen-bond donors (Lipinski definition) is 2. The van der Waals surface area contributed by atoms with Gasteiger partial charge in [-0.15, -0.1) is 20.4 Å². The Bertz CT molecular complexity index is 1140. The van der Waals surface area contributed by atoms with E-state index in [0.717, 1.165) is 19.2 Å². The highest BCUT2D eigenvalue weighted by Gasteiger charge is 2.36. The molecule has 10 nitrogen and oxygen atoms in total. The highest BCUT2D eigenvalue weighted by atomic mass is 19.4. The molecule has 0 spiro atoms. The molecule has 144 valence electrons. The Morgan fingerprint density at radius 3 is 2.61 bits per heavy atom. The summed E-state index contributed by atoms with van der Waals surface area (Å²) in [6, 6.07) is 2.35. The maximum absolute atomic E-state index is 13.7. The van der Waals surface area contributed by atoms with Crippen molar-refractivity contribution in [3.63, 3.8) is 0 Å². The van der Waals surface area contributed by atoms with E-state index in [-0.39, 0.29) is 16.9 Å². The van der Waals surface area contributed by atoms with Gasteiger partial charge in [-0.1, -0.05) is 0 Å². The van der Waals surface area contributed by atoms with Crippen LogP contribution in [-0.2, 0) is 6.18 Å². The number of anilines is 1. The number of aromatic amines is 1. The molecule has 1 aromatic carbocycles. The van der Waals surface area contributed by atoms with Crippen LogP contribution >= 0.6 is 0 Å². The van der Waals surface area contributed by atoms with Gasteiger partial charge in [-0.2, -0.15) is 18.4 Å². The van der Waals surface area contributed by atoms with E-state index in [2.05, 4.69) is 41.1 Å². The molecule has 0 unspecified atom stereocenters. The van der Waals surface area contributed by atoms with E-state index in [4.69, 9.17) is 0 Å². The molecule has 5 rings (SSSR count). The maximum atomic E-state index is 13.7. The largest absolute Gasteiger partial charge is 0.417 e. The number of nitrogens with one attached hydrogen (secondary N) is 2. The number of nitrogens with zero attached hydrogens (tertiary/aromatic N) is 8. The molecule has 13 heteroatoms. The minimum absolute atomic E-state index is 0.149. The minimum atomic E-state index is -4.61. The fourth-order valence-electron chi connectivity index (χ4n) is 3.37. The molecule has 1 aliphatic heterocycles. The number of aromatic nitrogens is 8. The van der Waals surface area contributed by atoms with Crippen molar-refractivity contribution in [3.8, 4) is 11.4 Å². The second-order valence-electron chi connectivity index (χ2n) is 6.32. The van der Waals surface area contributed by atoms with Gasteiger partial charge in [0.2, 0.25) is 11.5 Å². The topological polar surface area (TPSA) is 113 Å². The summed E-state index contributed by atoms with van der Waals surface area (Å²) in [4.78, 5) is 6.65. The van der Waals surface area contributed by atoms with E-state index < -0.39 is 11.7 Å². The normalized spacial score (nSPS) is 15.6. The Hall–Kier alpha value is -3.35. The van der Waals surface area contributed by atoms with Crippen LogP contribution < -0.4 is 10.2 Å². The number of halogens is 3. The van der Waals surface area contributed by atoms with E-state index in [0.29, 0.717) is 30.1 Å². The van der Waals surface area contributed by atoms with Gasteiger partial charge < -0.3 is 10.2 Å². The Morgan fingerprint density at radius 1 is 1.07 bits per heavy atom. The van der Waals surface area contributed by atoms with Gasteiger partial charge in [-0.3, -0.25) is 4.40 Å². The SMILES string of the molecule is FC(F)(F)c1cc2c(cc1-c1nn[nH]n1)nc(N1CCNCC1)c1nncn12. The minimum Gasteiger partial charge on any atom is -0.351 e. The molecule has 3 aromatic heterocycles. The van der Waals surface area contributed by atoms with E-state index in [1.807, 2.05) is 4.90 Å². The fourth-order valence-corrected chi connectivity index (χ4v) is 3.37. The molecule has 1 aliphatic rings. The molecule has 4 heterocycles. The maximum Gasteiger partial charge on any atom is 0.417 e. The predicted molar refractivity (Wildman–Crippen MR) is 91.5 cm³/mol. The average molecular weight is 390 g/mol. The Morgan fingerprint density at radius 2 is 1.89 bits per heavy atom. The van der Waals surface area contributed by atoms with Crippen molar-refractivity contribution in [2.24, 2.45) is 0 Å². The van der Waals surface area contributed by atoms with Gasteiger partial charge >= 0.3 is 6.18 Å². The molecule has 0 bridgehead atoms. The summed E-state index contributed by atoms with van der Waals surface area (Å²) >= 11 is 0. The molecule has 0 radical (unpaired) electrons. The van der Waals surface area contributed by atoms with Gasteiger partial charge in [-0.25, -0.2) is 4.98 Å². The zero-order valence-electron chi connectivity index (χ0n) is 14.3. The molecule has 1 saturated heterocycles. The number of H-pyrrole nitrogens is 1. The highest BCUT2D eigenvalue weighted by molar-refractivity contribution is 5.87. The zero-order valence-corrected chi connectivity index (χ0v) is 14.3. The third kappa shape index (κ3) is 2.62. The van der Waals surface area contributed by atoms with Crippen LogP contribution in [0, 0.1) is 0 Å². The number of rotatable bonds is 2. The summed E-state index contributed by atoms with van der Waals surface area (Å²) < 4.78 is 42.6. The first-order valence-corrected chi connectivity index (χ1v) is 8.46. The van der Waals surface area contributed by atoms with Gasteiger partial charge in [0.05, 0.1) is 16.6 Å². The molecule has 1 fully saturated rings. The lowest BCUT2D eigenvalue weighted by Gasteiger charge is -2.28. The van der Waals surface area contributed by atoms with Crippen molar-refractivity contribution in [2.75, 3.05) is 31.1 Å². The van der Waals surface area contributed by atoms with Crippen molar-refractivity contribution >= 4 is 22.5 Å². The van der Waals surface area contributed by atoms with Gasteiger partial charge in [0.25, 0.3) is 0 Å². The van der Waals surface area contributed by atoms with Crippen molar-refractivity contribution in [1.29, 1.82) is 0 Å². The van der Waals surface area contributed by atoms with Crippen LogP contribution in [0.15, 0.2) is 18.5 Å². The number of hydrogen-bond acceptors (Lipinski definition) is 8. The van der Waals surface area contributed by atoms with Gasteiger partial charge in [-0.05, 0) is 17.3 Å². The predicted octanol–water partition coefficient (Wildman–Crippen LogP) is 0.886. The summed E-state index contributed by atoms with van der Waals surface area (Å²) in [5.74, 6) is 0.425. The Labute approximate surface area is 154 Å². The van der Waals surface area contributed by atoms with Crippen molar-refractivity contribution in [1.82, 2.24) is 45.5 Å². The van der Waals surface area contributed by atoms with Crippen molar-refractivity contribution in [2.45, 2.75) is 6.18 Å². The van der Waals surface area contributed by atoms with E-state index in [1.165, 1.54) is 16.8 Å². The summed E-state index contributed by atoms with van der Waals surface area (Å²) in [6.45, 7) is 2.97. The molecule has 0 saturated carbocycles. The lowest BCUT2D eigenvalue weighted by Crippen LogP contribution is -2.44. The summed E-state index contributed by atoms with van der Waals surface area (Å²) in [5, 5.41) is 24.2. The molecule has 2 N–H and O–H groups in total. The highest BCUT2D eigenvalue weighted by Crippen LogP contribution is 2.38. The summed E-state index contributed by atoms with van der Waals surface area (Å²) in [6.07, 6.45) is -3.22. The second-order valence-corrected chi connectivity index (χ2v) is 6.32. The first kappa shape index (κ1) is 16.8. The molecule has 0 aliphatic carbocycles. The Balaban J connectivity index is 1.81. The monoisotopic (exact) mass is 390 g/mol. The van der Waals surface area contributed by atoms with E-state index >= 15 is 0 Å². The molecular formula is C15H13F3N10. The average Bonchev–Trinajstić information content (AvgIpc) is 3.38. The van der Waals surface area contributed by atoms with Gasteiger partial charge in [0.1, 0.15) is 6.33 Å². The van der Waals surface area contributed by atoms with E-state index in [9.17, 15) is 13.2 Å². The molecule has 4 aromatic rings. The van der Waals surface area contributed by atoms with Crippen LogP contribution in [-0.4, -0.2) is 66.4 Å². The quantitative estimate of drug-likeness (QED) is 0.519. The van der Waals surface area contributed by atoms with Crippen LogP contribution in [0.1, 0.15) is 5.56 Å². The van der Waals surface area contributed by atoms with Crippen molar-refractivity contribution in [3.05, 3.63) is 24.0 Å². The summed E-state index contributed by atoms with van der Waals surface area (Å²) in [7, 11) is 0. The molecule has 0 amide bonds. The molecule has 28 heavy (non-hydrogen) atoms. The number of benzene rings is 1. The molecule has 0 atom stereocenters. The third-order valence-corrected chi connectivity index (χ3v) is 4.66. The number of alkyl halides is 3. The first-order valence-electron chi connectivity index (χ1n) is 8.46. The van der Waals surface area contributed by atoms with E-state index in [1.54, 1.807) is 0 Å². The second kappa shape index (κ2) is 6.09. The molecular weight excluding hydrogens is 377 g/mol. The number of tetrazole rings is 1. The smallest absolute Gasteiger partial charge is 0.351 e. The summed E-state index contributed by atoms with van der Waals surface area (Å²) in [5.41, 5.74) is -0.0602. The van der Waals surface area contributed by atoms with Crippen LogP contribution in [0.4, 0.5) is 19.0 Å². The first-order chi connectivity index (χ1) is 13.5. The van der Waals surface area contributed by atoms with Crippen LogP contribution in [0.5, 0.6) is 0 Å². The fraction of sp³-hybridized carbons (Fsp3) is 0.333.